The van der Waals surface area contributed by atoms with Gasteiger partial charge in [0.2, 0.25) is 0 Å². The Kier molecular flexibility index (Phi) is 7.79. The van der Waals surface area contributed by atoms with Gasteiger partial charge in [0.15, 0.2) is 5.96 Å². The maximum atomic E-state index is 5.72. The average molecular weight is 354 g/mol. The highest BCUT2D eigenvalue weighted by atomic mass is 16.5. The highest BCUT2D eigenvalue weighted by molar-refractivity contribution is 5.80. The molecule has 0 aromatic carbocycles. The molecule has 0 aromatic heterocycles. The molecule has 7 nitrogen and oxygen atoms in total. The van der Waals surface area contributed by atoms with E-state index in [0.717, 1.165) is 84.6 Å². The Morgan fingerprint density at radius 1 is 1.20 bits per heavy atom. The van der Waals surface area contributed by atoms with Gasteiger partial charge in [-0.25, -0.2) is 0 Å². The molecule has 1 N–H and O–H groups in total. The van der Waals surface area contributed by atoms with E-state index in [-0.39, 0.29) is 0 Å². The van der Waals surface area contributed by atoms with Gasteiger partial charge >= 0.3 is 0 Å². The Morgan fingerprint density at radius 2 is 2.08 bits per heavy atom. The second kappa shape index (κ2) is 10.3. The van der Waals surface area contributed by atoms with E-state index in [1.807, 2.05) is 7.05 Å². The molecule has 144 valence electrons. The average Bonchev–Trinajstić information content (AvgIpc) is 3.34. The molecule has 3 aliphatic heterocycles. The molecule has 7 heteroatoms. The molecule has 3 rings (SSSR count). The van der Waals surface area contributed by atoms with Gasteiger partial charge in [-0.3, -0.25) is 9.89 Å². The third-order valence-corrected chi connectivity index (χ3v) is 5.31. The monoisotopic (exact) mass is 354 g/mol. The molecule has 2 atom stereocenters. The lowest BCUT2D eigenvalue weighted by Crippen LogP contribution is -2.46. The Hall–Kier alpha value is -0.890. The molecule has 0 aromatic rings. The van der Waals surface area contributed by atoms with Gasteiger partial charge in [0.1, 0.15) is 0 Å². The lowest BCUT2D eigenvalue weighted by Gasteiger charge is -2.32. The van der Waals surface area contributed by atoms with Gasteiger partial charge in [0, 0.05) is 59.0 Å². The summed E-state index contributed by atoms with van der Waals surface area (Å²) < 4.78 is 16.7. The van der Waals surface area contributed by atoms with Gasteiger partial charge in [-0.1, -0.05) is 0 Å². The molecular weight excluding hydrogens is 320 g/mol. The Bertz CT molecular complexity index is 409. The fraction of sp³-hybridized carbons (Fsp3) is 0.944. The number of nitrogens with zero attached hydrogens (tertiary/aromatic N) is 3. The lowest BCUT2D eigenvalue weighted by molar-refractivity contribution is 0.0168. The van der Waals surface area contributed by atoms with E-state index in [4.69, 9.17) is 14.2 Å². The summed E-state index contributed by atoms with van der Waals surface area (Å²) >= 11 is 0. The highest BCUT2D eigenvalue weighted by Crippen LogP contribution is 2.17. The number of nitrogens with one attached hydrogen (secondary N) is 1. The minimum Gasteiger partial charge on any atom is -0.379 e. The molecule has 3 fully saturated rings. The fourth-order valence-corrected chi connectivity index (χ4v) is 3.87. The molecule has 0 aliphatic carbocycles. The van der Waals surface area contributed by atoms with Gasteiger partial charge in [0.05, 0.1) is 25.9 Å². The van der Waals surface area contributed by atoms with Gasteiger partial charge in [-0.15, -0.1) is 0 Å². The van der Waals surface area contributed by atoms with E-state index >= 15 is 0 Å². The van der Waals surface area contributed by atoms with E-state index in [0.29, 0.717) is 12.1 Å². The van der Waals surface area contributed by atoms with Crippen molar-refractivity contribution in [2.24, 2.45) is 4.99 Å². The summed E-state index contributed by atoms with van der Waals surface area (Å²) in [5, 5.41) is 3.48. The topological polar surface area (TPSA) is 58.6 Å². The molecular formula is C18H34N4O3. The van der Waals surface area contributed by atoms with Crippen molar-refractivity contribution in [3.63, 3.8) is 0 Å². The predicted octanol–water partition coefficient (Wildman–Crippen LogP) is 0.554. The summed E-state index contributed by atoms with van der Waals surface area (Å²) in [6, 6.07) is 0.636. The van der Waals surface area contributed by atoms with Crippen LogP contribution in [-0.4, -0.2) is 101 Å². The van der Waals surface area contributed by atoms with Crippen molar-refractivity contribution in [3.05, 3.63) is 0 Å². The van der Waals surface area contributed by atoms with Crippen LogP contribution in [0, 0.1) is 0 Å². The second-order valence-electron chi connectivity index (χ2n) is 7.07. The predicted molar refractivity (Wildman–Crippen MR) is 98.1 cm³/mol. The zero-order valence-electron chi connectivity index (χ0n) is 15.6. The van der Waals surface area contributed by atoms with E-state index in [2.05, 4.69) is 20.1 Å². The SMILES string of the molecule is CN=C(NCCCOCC1CCCO1)N1CCC(N2CCOCC2)C1. The fourth-order valence-electron chi connectivity index (χ4n) is 3.87. The van der Waals surface area contributed by atoms with Crippen molar-refractivity contribution >= 4 is 5.96 Å². The molecule has 2 unspecified atom stereocenters. The summed E-state index contributed by atoms with van der Waals surface area (Å²) in [7, 11) is 1.87. The molecule has 0 radical (unpaired) electrons. The highest BCUT2D eigenvalue weighted by Gasteiger charge is 2.30. The van der Waals surface area contributed by atoms with Crippen molar-refractivity contribution in [1.82, 2.24) is 15.1 Å². The van der Waals surface area contributed by atoms with Crippen LogP contribution < -0.4 is 5.32 Å². The number of morpholine rings is 1. The van der Waals surface area contributed by atoms with Crippen LogP contribution in [0.5, 0.6) is 0 Å². The Labute approximate surface area is 151 Å². The van der Waals surface area contributed by atoms with Crippen LogP contribution in [-0.2, 0) is 14.2 Å². The van der Waals surface area contributed by atoms with Crippen molar-refractivity contribution < 1.29 is 14.2 Å². The van der Waals surface area contributed by atoms with Crippen LogP contribution in [0.4, 0.5) is 0 Å². The zero-order valence-corrected chi connectivity index (χ0v) is 15.6. The minimum atomic E-state index is 0.322. The van der Waals surface area contributed by atoms with Gasteiger partial charge in [0.25, 0.3) is 0 Å². The van der Waals surface area contributed by atoms with Gasteiger partial charge in [-0.2, -0.15) is 0 Å². The van der Waals surface area contributed by atoms with Crippen LogP contribution in [0.3, 0.4) is 0 Å². The number of rotatable bonds is 7. The molecule has 0 bridgehead atoms. The lowest BCUT2D eigenvalue weighted by atomic mass is 10.2. The first-order valence-electron chi connectivity index (χ1n) is 9.83. The van der Waals surface area contributed by atoms with Crippen LogP contribution in [0.25, 0.3) is 0 Å². The molecule has 0 spiro atoms. The number of guanidine groups is 1. The first kappa shape index (κ1) is 18.9. The van der Waals surface area contributed by atoms with Crippen LogP contribution in [0.1, 0.15) is 25.7 Å². The normalized spacial score (nSPS) is 28.7. The number of ether oxygens (including phenoxy) is 3. The Balaban J connectivity index is 1.28. The third kappa shape index (κ3) is 5.81. The largest absolute Gasteiger partial charge is 0.379 e. The molecule has 3 heterocycles. The molecule has 25 heavy (non-hydrogen) atoms. The minimum absolute atomic E-state index is 0.322. The summed E-state index contributed by atoms with van der Waals surface area (Å²) in [4.78, 5) is 9.41. The maximum absolute atomic E-state index is 5.72. The van der Waals surface area contributed by atoms with Crippen LogP contribution in [0.2, 0.25) is 0 Å². The van der Waals surface area contributed by atoms with Gasteiger partial charge < -0.3 is 24.4 Å². The smallest absolute Gasteiger partial charge is 0.193 e. The standard InChI is InChI=1S/C18H34N4O3/c1-19-18(20-6-3-10-24-15-17-4-2-11-25-17)22-7-5-16(14-22)21-8-12-23-13-9-21/h16-17H,2-15H2,1H3,(H,19,20). The zero-order chi connectivity index (χ0) is 17.3. The van der Waals surface area contributed by atoms with Crippen LogP contribution >= 0.6 is 0 Å². The van der Waals surface area contributed by atoms with E-state index in [9.17, 15) is 0 Å². The first-order chi connectivity index (χ1) is 12.4. The molecule has 0 amide bonds. The molecule has 3 aliphatic rings. The first-order valence-corrected chi connectivity index (χ1v) is 9.83. The molecule has 3 saturated heterocycles. The number of hydrogen-bond donors (Lipinski definition) is 1. The third-order valence-electron chi connectivity index (χ3n) is 5.31. The summed E-state index contributed by atoms with van der Waals surface area (Å²) in [6.45, 7) is 9.32. The number of hydrogen-bond acceptors (Lipinski definition) is 5. The van der Waals surface area contributed by atoms with Crippen molar-refractivity contribution in [2.75, 3.05) is 72.8 Å². The maximum Gasteiger partial charge on any atom is 0.193 e. The van der Waals surface area contributed by atoms with Crippen molar-refractivity contribution in [1.29, 1.82) is 0 Å². The van der Waals surface area contributed by atoms with E-state index < -0.39 is 0 Å². The quantitative estimate of drug-likeness (QED) is 0.409. The van der Waals surface area contributed by atoms with Gasteiger partial charge in [-0.05, 0) is 25.7 Å². The number of aliphatic imine (C=N–C) groups is 1. The Morgan fingerprint density at radius 3 is 2.84 bits per heavy atom. The molecule has 0 saturated carbocycles. The van der Waals surface area contributed by atoms with E-state index in [1.54, 1.807) is 0 Å². The van der Waals surface area contributed by atoms with E-state index in [1.165, 1.54) is 12.8 Å². The van der Waals surface area contributed by atoms with Crippen LogP contribution in [0.15, 0.2) is 4.99 Å². The second-order valence-corrected chi connectivity index (χ2v) is 7.07. The van der Waals surface area contributed by atoms with Crippen molar-refractivity contribution in [2.45, 2.75) is 37.8 Å². The summed E-state index contributed by atoms with van der Waals surface area (Å²) in [6.07, 6.45) is 4.84. The number of likely N-dealkylation sites (tertiary alicyclic amines) is 1. The summed E-state index contributed by atoms with van der Waals surface area (Å²) in [5.41, 5.74) is 0. The van der Waals surface area contributed by atoms with Crippen molar-refractivity contribution in [3.8, 4) is 0 Å². The summed E-state index contributed by atoms with van der Waals surface area (Å²) in [5.74, 6) is 1.02.